The van der Waals surface area contributed by atoms with E-state index in [0.29, 0.717) is 23.8 Å². The summed E-state index contributed by atoms with van der Waals surface area (Å²) >= 11 is 6.14. The molecule has 94 valence electrons. The lowest BCUT2D eigenvalue weighted by atomic mass is 10.1. The lowest BCUT2D eigenvalue weighted by molar-refractivity contribution is 0.217. The molecule has 0 aliphatic heterocycles. The van der Waals surface area contributed by atoms with Gasteiger partial charge >= 0.3 is 6.03 Å². The van der Waals surface area contributed by atoms with Gasteiger partial charge in [-0.1, -0.05) is 17.7 Å². The third-order valence-electron chi connectivity index (χ3n) is 2.71. The van der Waals surface area contributed by atoms with Crippen molar-refractivity contribution in [2.24, 2.45) is 0 Å². The number of urea groups is 1. The number of anilines is 1. The maximum atomic E-state index is 11.9. The average Bonchev–Trinajstić information content (AvgIpc) is 2.25. The van der Waals surface area contributed by atoms with E-state index in [1.807, 2.05) is 39.8 Å². The van der Waals surface area contributed by atoms with E-state index >= 15 is 0 Å². The summed E-state index contributed by atoms with van der Waals surface area (Å²) in [5, 5.41) is 3.45. The molecule has 0 heterocycles. The van der Waals surface area contributed by atoms with E-state index in [1.165, 1.54) is 0 Å². The Labute approximate surface area is 108 Å². The predicted molar refractivity (Wildman–Crippen MR) is 72.9 cm³/mol. The van der Waals surface area contributed by atoms with Crippen LogP contribution in [0.4, 0.5) is 10.5 Å². The normalized spacial score (nSPS) is 10.2. The molecule has 0 aliphatic carbocycles. The Morgan fingerprint density at radius 1 is 1.29 bits per heavy atom. The monoisotopic (exact) mass is 254 g/mol. The molecule has 1 N–H and O–H groups in total. The molecule has 1 rings (SSSR count). The van der Waals surface area contributed by atoms with Gasteiger partial charge in [0.05, 0.1) is 10.7 Å². The highest BCUT2D eigenvalue weighted by molar-refractivity contribution is 6.34. The molecular weight excluding hydrogens is 236 g/mol. The van der Waals surface area contributed by atoms with Gasteiger partial charge in [-0.05, 0) is 44.9 Å². The van der Waals surface area contributed by atoms with Crippen molar-refractivity contribution in [3.63, 3.8) is 0 Å². The van der Waals surface area contributed by atoms with Crippen molar-refractivity contribution in [2.45, 2.75) is 27.7 Å². The highest BCUT2D eigenvalue weighted by Gasteiger charge is 2.13. The van der Waals surface area contributed by atoms with Crippen molar-refractivity contribution in [3.8, 4) is 0 Å². The molecule has 0 radical (unpaired) electrons. The van der Waals surface area contributed by atoms with E-state index in [9.17, 15) is 4.79 Å². The summed E-state index contributed by atoms with van der Waals surface area (Å²) in [5.41, 5.74) is 2.78. The SMILES string of the molecule is CCN(CC)C(=O)Nc1c(C)cc(C)cc1Cl. The van der Waals surface area contributed by atoms with Crippen LogP contribution < -0.4 is 5.32 Å². The number of nitrogens with one attached hydrogen (secondary N) is 1. The number of aryl methyl sites for hydroxylation is 2. The lowest BCUT2D eigenvalue weighted by Gasteiger charge is -2.20. The summed E-state index contributed by atoms with van der Waals surface area (Å²) in [6, 6.07) is 3.75. The summed E-state index contributed by atoms with van der Waals surface area (Å²) in [4.78, 5) is 13.6. The Kier molecular flexibility index (Phi) is 4.82. The number of halogens is 1. The quantitative estimate of drug-likeness (QED) is 0.874. The van der Waals surface area contributed by atoms with E-state index < -0.39 is 0 Å². The van der Waals surface area contributed by atoms with E-state index in [4.69, 9.17) is 11.6 Å². The Bertz CT molecular complexity index is 391. The molecule has 0 atom stereocenters. The highest BCUT2D eigenvalue weighted by Crippen LogP contribution is 2.27. The lowest BCUT2D eigenvalue weighted by Crippen LogP contribution is -2.34. The van der Waals surface area contributed by atoms with E-state index in [1.54, 1.807) is 4.90 Å². The van der Waals surface area contributed by atoms with Crippen molar-refractivity contribution < 1.29 is 4.79 Å². The van der Waals surface area contributed by atoms with E-state index in [2.05, 4.69) is 5.32 Å². The second kappa shape index (κ2) is 5.92. The molecular formula is C13H19ClN2O. The minimum absolute atomic E-state index is 0.108. The maximum Gasteiger partial charge on any atom is 0.321 e. The molecule has 0 fully saturated rings. The van der Waals surface area contributed by atoms with Crippen LogP contribution >= 0.6 is 11.6 Å². The van der Waals surface area contributed by atoms with Crippen LogP contribution in [0.1, 0.15) is 25.0 Å². The molecule has 0 saturated carbocycles. The number of carbonyl (C=O) groups excluding carboxylic acids is 1. The topological polar surface area (TPSA) is 32.3 Å². The minimum atomic E-state index is -0.108. The molecule has 17 heavy (non-hydrogen) atoms. The summed E-state index contributed by atoms with van der Waals surface area (Å²) in [6.07, 6.45) is 0. The van der Waals surface area contributed by atoms with Crippen molar-refractivity contribution in [1.29, 1.82) is 0 Å². The van der Waals surface area contributed by atoms with Crippen molar-refractivity contribution >= 4 is 23.3 Å². The largest absolute Gasteiger partial charge is 0.325 e. The molecule has 1 aromatic rings. The number of rotatable bonds is 3. The third-order valence-corrected chi connectivity index (χ3v) is 3.01. The standard InChI is InChI=1S/C13H19ClN2O/c1-5-16(6-2)13(17)15-12-10(4)7-9(3)8-11(12)14/h7-8H,5-6H2,1-4H3,(H,15,17). The van der Waals surface area contributed by atoms with Crippen LogP contribution in [0.25, 0.3) is 0 Å². The van der Waals surface area contributed by atoms with Crippen LogP contribution in [-0.2, 0) is 0 Å². The molecule has 3 nitrogen and oxygen atoms in total. The first-order chi connectivity index (χ1) is 7.99. The van der Waals surface area contributed by atoms with Crippen LogP contribution in [0.3, 0.4) is 0 Å². The van der Waals surface area contributed by atoms with Gasteiger partial charge in [-0.2, -0.15) is 0 Å². The number of hydrogen-bond donors (Lipinski definition) is 1. The third kappa shape index (κ3) is 3.37. The van der Waals surface area contributed by atoms with Gasteiger partial charge in [-0.3, -0.25) is 0 Å². The van der Waals surface area contributed by atoms with Gasteiger partial charge in [-0.15, -0.1) is 0 Å². The van der Waals surface area contributed by atoms with Crippen LogP contribution in [0.15, 0.2) is 12.1 Å². The van der Waals surface area contributed by atoms with E-state index in [-0.39, 0.29) is 6.03 Å². The van der Waals surface area contributed by atoms with Gasteiger partial charge < -0.3 is 10.2 Å². The molecule has 0 saturated heterocycles. The number of carbonyl (C=O) groups is 1. The van der Waals surface area contributed by atoms with Crippen molar-refractivity contribution in [3.05, 3.63) is 28.3 Å². The van der Waals surface area contributed by atoms with Gasteiger partial charge in [0.1, 0.15) is 0 Å². The second-order valence-electron chi connectivity index (χ2n) is 4.04. The molecule has 0 aliphatic rings. The fraction of sp³-hybridized carbons (Fsp3) is 0.462. The van der Waals surface area contributed by atoms with Gasteiger partial charge in [0.15, 0.2) is 0 Å². The number of hydrogen-bond acceptors (Lipinski definition) is 1. The fourth-order valence-corrected chi connectivity index (χ4v) is 2.14. The van der Waals surface area contributed by atoms with Crippen LogP contribution in [-0.4, -0.2) is 24.0 Å². The molecule has 2 amide bonds. The van der Waals surface area contributed by atoms with Gasteiger partial charge in [-0.25, -0.2) is 4.79 Å². The number of nitrogens with zero attached hydrogens (tertiary/aromatic N) is 1. The smallest absolute Gasteiger partial charge is 0.321 e. The second-order valence-corrected chi connectivity index (χ2v) is 4.45. The molecule has 0 spiro atoms. The average molecular weight is 255 g/mol. The Morgan fingerprint density at radius 3 is 2.35 bits per heavy atom. The summed E-state index contributed by atoms with van der Waals surface area (Å²) in [6.45, 7) is 9.20. The van der Waals surface area contributed by atoms with Crippen molar-refractivity contribution in [2.75, 3.05) is 18.4 Å². The molecule has 0 unspecified atom stereocenters. The van der Waals surface area contributed by atoms with Gasteiger partial charge in [0, 0.05) is 13.1 Å². The molecule has 4 heteroatoms. The van der Waals surface area contributed by atoms with Gasteiger partial charge in [0.25, 0.3) is 0 Å². The molecule has 1 aromatic carbocycles. The zero-order valence-corrected chi connectivity index (χ0v) is 11.6. The fourth-order valence-electron chi connectivity index (χ4n) is 1.77. The zero-order valence-electron chi connectivity index (χ0n) is 10.8. The Balaban J connectivity index is 2.92. The Morgan fingerprint density at radius 2 is 1.88 bits per heavy atom. The molecule has 0 aromatic heterocycles. The highest BCUT2D eigenvalue weighted by atomic mass is 35.5. The van der Waals surface area contributed by atoms with E-state index in [0.717, 1.165) is 11.1 Å². The Hall–Kier alpha value is -1.22. The number of benzene rings is 1. The first-order valence-electron chi connectivity index (χ1n) is 5.82. The van der Waals surface area contributed by atoms with Crippen LogP contribution in [0.2, 0.25) is 5.02 Å². The summed E-state index contributed by atoms with van der Waals surface area (Å²) in [7, 11) is 0. The van der Waals surface area contributed by atoms with Crippen LogP contribution in [0, 0.1) is 13.8 Å². The van der Waals surface area contributed by atoms with Crippen molar-refractivity contribution in [1.82, 2.24) is 4.90 Å². The number of amides is 2. The first kappa shape index (κ1) is 13.8. The molecule has 0 bridgehead atoms. The van der Waals surface area contributed by atoms with Gasteiger partial charge in [0.2, 0.25) is 0 Å². The van der Waals surface area contributed by atoms with Crippen LogP contribution in [0.5, 0.6) is 0 Å². The maximum absolute atomic E-state index is 11.9. The summed E-state index contributed by atoms with van der Waals surface area (Å²) in [5.74, 6) is 0. The summed E-state index contributed by atoms with van der Waals surface area (Å²) < 4.78 is 0. The zero-order chi connectivity index (χ0) is 13.0. The first-order valence-corrected chi connectivity index (χ1v) is 6.20. The minimum Gasteiger partial charge on any atom is -0.325 e. The predicted octanol–water partition coefficient (Wildman–Crippen LogP) is 3.83.